The Kier molecular flexibility index (Phi) is 9.12. The highest BCUT2D eigenvalue weighted by Gasteiger charge is 2.28. The van der Waals surface area contributed by atoms with Gasteiger partial charge in [0.25, 0.3) is 0 Å². The number of thiocarbonyl (C=S) groups is 1. The van der Waals surface area contributed by atoms with Gasteiger partial charge in [0.2, 0.25) is 0 Å². The van der Waals surface area contributed by atoms with Crippen LogP contribution in [0.1, 0.15) is 45.2 Å². The van der Waals surface area contributed by atoms with E-state index in [-0.39, 0.29) is 5.92 Å². The minimum Gasteiger partial charge on any atom is -0.494 e. The number of nitrogens with one attached hydrogen (secondary N) is 1. The third-order valence-corrected chi connectivity index (χ3v) is 5.15. The Morgan fingerprint density at radius 2 is 1.67 bits per heavy atom. The number of aryl methyl sites for hydroxylation is 1. The summed E-state index contributed by atoms with van der Waals surface area (Å²) in [6, 6.07) is 15.0. The van der Waals surface area contributed by atoms with Gasteiger partial charge < -0.3 is 20.1 Å². The number of hydrogen-bond donors (Lipinski definition) is 2. The van der Waals surface area contributed by atoms with E-state index < -0.39 is 12.0 Å². The fourth-order valence-corrected chi connectivity index (χ4v) is 3.51. The summed E-state index contributed by atoms with van der Waals surface area (Å²) in [7, 11) is 0. The molecule has 2 aromatic rings. The Hall–Kier alpha value is -2.60. The van der Waals surface area contributed by atoms with Crippen LogP contribution in [0, 0.1) is 5.92 Å². The van der Waals surface area contributed by atoms with Gasteiger partial charge in [-0.3, -0.25) is 0 Å². The molecule has 6 heteroatoms. The molecule has 5 nitrogen and oxygen atoms in total. The minimum absolute atomic E-state index is 0.223. The van der Waals surface area contributed by atoms with Crippen molar-refractivity contribution in [1.29, 1.82) is 0 Å². The zero-order valence-corrected chi connectivity index (χ0v) is 19.0. The molecule has 0 spiro atoms. The Bertz CT molecular complexity index is 819. The third-order valence-electron chi connectivity index (χ3n) is 4.82. The maximum Gasteiger partial charge on any atom is 0.326 e. The van der Waals surface area contributed by atoms with Crippen LogP contribution in [-0.4, -0.2) is 33.7 Å². The van der Waals surface area contributed by atoms with Crippen molar-refractivity contribution < 1.29 is 14.6 Å². The molecule has 0 aromatic heterocycles. The lowest BCUT2D eigenvalue weighted by molar-refractivity contribution is -0.142. The predicted octanol–water partition coefficient (Wildman–Crippen LogP) is 5.35. The molecule has 0 bridgehead atoms. The van der Waals surface area contributed by atoms with Crippen LogP contribution >= 0.6 is 12.2 Å². The van der Waals surface area contributed by atoms with Crippen molar-refractivity contribution >= 4 is 29.0 Å². The van der Waals surface area contributed by atoms with Gasteiger partial charge in [0.15, 0.2) is 5.11 Å². The molecule has 0 aliphatic carbocycles. The topological polar surface area (TPSA) is 61.8 Å². The monoisotopic (exact) mass is 428 g/mol. The number of benzene rings is 2. The summed E-state index contributed by atoms with van der Waals surface area (Å²) in [5.41, 5.74) is 3.06. The second-order valence-corrected chi connectivity index (χ2v) is 8.06. The molecule has 2 aromatic carbocycles. The minimum atomic E-state index is -0.875. The van der Waals surface area contributed by atoms with Crippen LogP contribution in [0.25, 0.3) is 0 Å². The normalized spacial score (nSPS) is 11.8. The molecule has 2 rings (SSSR count). The van der Waals surface area contributed by atoms with E-state index in [9.17, 15) is 9.90 Å². The second kappa shape index (κ2) is 11.6. The average Bonchev–Trinajstić information content (AvgIpc) is 2.72. The Morgan fingerprint density at radius 3 is 2.17 bits per heavy atom. The highest BCUT2D eigenvalue weighted by Crippen LogP contribution is 2.20. The maximum absolute atomic E-state index is 12.1. The number of rotatable bonds is 10. The molecule has 0 saturated carbocycles. The van der Waals surface area contributed by atoms with E-state index in [1.54, 1.807) is 4.90 Å². The molecular formula is C24H32N2O3S. The second-order valence-electron chi connectivity index (χ2n) is 7.67. The number of hydrogen-bond acceptors (Lipinski definition) is 3. The molecule has 0 amide bonds. The molecule has 0 heterocycles. The number of ether oxygens (including phenoxy) is 1. The molecule has 30 heavy (non-hydrogen) atoms. The Balaban J connectivity index is 2.26. The van der Waals surface area contributed by atoms with E-state index >= 15 is 0 Å². The van der Waals surface area contributed by atoms with Crippen LogP contribution in [0.2, 0.25) is 0 Å². The van der Waals surface area contributed by atoms with Gasteiger partial charge in [0, 0.05) is 12.2 Å². The first-order valence-corrected chi connectivity index (χ1v) is 10.9. The van der Waals surface area contributed by atoms with Crippen LogP contribution in [0.15, 0.2) is 48.5 Å². The lowest BCUT2D eigenvalue weighted by atomic mass is 10.0. The summed E-state index contributed by atoms with van der Waals surface area (Å²) in [4.78, 5) is 13.9. The van der Waals surface area contributed by atoms with Crippen molar-refractivity contribution in [3.63, 3.8) is 0 Å². The summed E-state index contributed by atoms with van der Waals surface area (Å²) in [5.74, 6) is 0.141. The predicted molar refractivity (Wildman–Crippen MR) is 126 cm³/mol. The lowest BCUT2D eigenvalue weighted by Gasteiger charge is -2.32. The van der Waals surface area contributed by atoms with E-state index in [2.05, 4.69) is 12.2 Å². The molecule has 1 atom stereocenters. The number of carbonyl (C=O) groups is 1. The zero-order valence-electron chi connectivity index (χ0n) is 18.2. The van der Waals surface area contributed by atoms with Crippen LogP contribution in [0.5, 0.6) is 5.75 Å². The summed E-state index contributed by atoms with van der Waals surface area (Å²) in [5, 5.41) is 13.5. The molecule has 2 N–H and O–H groups in total. The largest absolute Gasteiger partial charge is 0.494 e. The van der Waals surface area contributed by atoms with E-state index in [1.165, 1.54) is 5.56 Å². The first kappa shape index (κ1) is 23.7. The van der Waals surface area contributed by atoms with Crippen LogP contribution < -0.4 is 10.1 Å². The molecule has 0 aliphatic heterocycles. The standard InChI is InChI=1S/C24H32N2O3S/c1-5-18-7-11-20(12-8-18)25-24(30)26(22(23(27)28)15-17(3)4)16-19-9-13-21(14-10-19)29-6-2/h7-14,17,22H,5-6,15-16H2,1-4H3,(H,25,30)(H,27,28)/t22-/m1/s1. The third kappa shape index (κ3) is 7.02. The van der Waals surface area contributed by atoms with Crippen molar-refractivity contribution in [3.8, 4) is 5.75 Å². The number of aliphatic carboxylic acids is 1. The van der Waals surface area contributed by atoms with Gasteiger partial charge in [-0.1, -0.05) is 45.0 Å². The van der Waals surface area contributed by atoms with Crippen molar-refractivity contribution in [2.75, 3.05) is 11.9 Å². The molecule has 0 aliphatic rings. The molecular weight excluding hydrogens is 396 g/mol. The van der Waals surface area contributed by atoms with Crippen LogP contribution in [0.4, 0.5) is 5.69 Å². The summed E-state index contributed by atoms with van der Waals surface area (Å²) < 4.78 is 5.50. The quantitative estimate of drug-likeness (QED) is 0.498. The van der Waals surface area contributed by atoms with Crippen molar-refractivity contribution in [2.45, 2.75) is 53.1 Å². The smallest absolute Gasteiger partial charge is 0.326 e. The van der Waals surface area contributed by atoms with Crippen LogP contribution in [0.3, 0.4) is 0 Å². The van der Waals surface area contributed by atoms with E-state index in [4.69, 9.17) is 17.0 Å². The van der Waals surface area contributed by atoms with Crippen molar-refractivity contribution in [1.82, 2.24) is 4.90 Å². The van der Waals surface area contributed by atoms with Crippen molar-refractivity contribution in [2.24, 2.45) is 5.92 Å². The van der Waals surface area contributed by atoms with Gasteiger partial charge in [0.1, 0.15) is 11.8 Å². The highest BCUT2D eigenvalue weighted by atomic mass is 32.1. The molecule has 0 saturated heterocycles. The summed E-state index contributed by atoms with van der Waals surface area (Å²) in [6.07, 6.45) is 1.47. The maximum atomic E-state index is 12.1. The van der Waals surface area contributed by atoms with Gasteiger partial charge >= 0.3 is 5.97 Å². The van der Waals surface area contributed by atoms with E-state index in [1.807, 2.05) is 69.3 Å². The van der Waals surface area contributed by atoms with Crippen LogP contribution in [-0.2, 0) is 17.8 Å². The number of anilines is 1. The van der Waals surface area contributed by atoms with Crippen molar-refractivity contribution in [3.05, 3.63) is 59.7 Å². The SMILES string of the molecule is CCOc1ccc(CN(C(=S)Nc2ccc(CC)cc2)[C@H](CC(C)C)C(=O)O)cc1. The number of nitrogens with zero attached hydrogens (tertiary/aromatic N) is 1. The first-order valence-electron chi connectivity index (χ1n) is 10.4. The van der Waals surface area contributed by atoms with Gasteiger partial charge in [0.05, 0.1) is 6.61 Å². The first-order chi connectivity index (χ1) is 14.3. The Morgan fingerprint density at radius 1 is 1.07 bits per heavy atom. The van der Waals surface area contributed by atoms with Gasteiger partial charge in [-0.2, -0.15) is 0 Å². The molecule has 0 radical (unpaired) electrons. The average molecular weight is 429 g/mol. The zero-order chi connectivity index (χ0) is 22.1. The van der Waals surface area contributed by atoms with Gasteiger partial charge in [-0.15, -0.1) is 0 Å². The highest BCUT2D eigenvalue weighted by molar-refractivity contribution is 7.80. The fourth-order valence-electron chi connectivity index (χ4n) is 3.20. The van der Waals surface area contributed by atoms with E-state index in [0.717, 1.165) is 23.4 Å². The lowest BCUT2D eigenvalue weighted by Crippen LogP contribution is -2.47. The molecule has 162 valence electrons. The fraction of sp³-hybridized carbons (Fsp3) is 0.417. The summed E-state index contributed by atoms with van der Waals surface area (Å²) >= 11 is 5.66. The number of carboxylic acids is 1. The summed E-state index contributed by atoms with van der Waals surface area (Å²) in [6.45, 7) is 9.09. The van der Waals surface area contributed by atoms with Gasteiger partial charge in [-0.25, -0.2) is 4.79 Å². The number of carboxylic acid groups (broad SMARTS) is 1. The molecule has 0 unspecified atom stereocenters. The molecule has 0 fully saturated rings. The van der Waals surface area contributed by atoms with Gasteiger partial charge in [-0.05, 0) is 73.3 Å². The van der Waals surface area contributed by atoms with E-state index in [0.29, 0.717) is 24.7 Å². The Labute approximate surface area is 185 Å².